The molecule has 1 aliphatic heterocycles. The Morgan fingerprint density at radius 3 is 2.93 bits per heavy atom. The summed E-state index contributed by atoms with van der Waals surface area (Å²) in [6.45, 7) is 2.87. The predicted molar refractivity (Wildman–Crippen MR) is 61.2 cm³/mol. The summed E-state index contributed by atoms with van der Waals surface area (Å²) in [6.07, 6.45) is 0.908. The average molecular weight is 225 g/mol. The molecule has 0 bridgehead atoms. The minimum absolute atomic E-state index is 0.0200. The number of amides is 1. The highest BCUT2D eigenvalue weighted by atomic mass is 35.5. The second-order valence-corrected chi connectivity index (χ2v) is 4.18. The van der Waals surface area contributed by atoms with Gasteiger partial charge in [0.15, 0.2) is 0 Å². The van der Waals surface area contributed by atoms with E-state index in [1.807, 2.05) is 19.1 Å². The Morgan fingerprint density at radius 1 is 1.60 bits per heavy atom. The molecule has 80 valence electrons. The molecule has 0 saturated carbocycles. The smallest absolute Gasteiger partial charge is 0.241 e. The molecule has 0 unspecified atom stereocenters. The van der Waals surface area contributed by atoms with Crippen LogP contribution in [0.3, 0.4) is 0 Å². The maximum atomic E-state index is 11.6. The van der Waals surface area contributed by atoms with Crippen molar-refractivity contribution in [2.75, 3.05) is 11.9 Å². The Balaban J connectivity index is 2.09. The molecular weight excluding hydrogens is 212 g/mol. The van der Waals surface area contributed by atoms with Crippen molar-refractivity contribution in [3.05, 3.63) is 28.8 Å². The fourth-order valence-electron chi connectivity index (χ4n) is 1.46. The lowest BCUT2D eigenvalue weighted by Crippen LogP contribution is -2.50. The third-order valence-electron chi connectivity index (χ3n) is 2.60. The lowest BCUT2D eigenvalue weighted by atomic mass is 10.1. The lowest BCUT2D eigenvalue weighted by Gasteiger charge is -2.26. The van der Waals surface area contributed by atoms with Crippen LogP contribution in [0, 0.1) is 6.92 Å². The minimum Gasteiger partial charge on any atom is -0.324 e. The number of carbonyl (C=O) groups is 1. The molecule has 1 atom stereocenters. The van der Waals surface area contributed by atoms with E-state index < -0.39 is 0 Å². The zero-order valence-corrected chi connectivity index (χ0v) is 9.27. The van der Waals surface area contributed by atoms with E-state index in [1.165, 1.54) is 0 Å². The van der Waals surface area contributed by atoms with Crippen LogP contribution in [0.2, 0.25) is 5.02 Å². The van der Waals surface area contributed by atoms with Gasteiger partial charge in [-0.15, -0.1) is 0 Å². The van der Waals surface area contributed by atoms with Gasteiger partial charge in [-0.1, -0.05) is 17.7 Å². The first-order chi connectivity index (χ1) is 7.16. The first-order valence-corrected chi connectivity index (χ1v) is 5.35. The molecule has 15 heavy (non-hydrogen) atoms. The van der Waals surface area contributed by atoms with Gasteiger partial charge in [-0.25, -0.2) is 0 Å². The summed E-state index contributed by atoms with van der Waals surface area (Å²) >= 11 is 5.86. The number of benzene rings is 1. The normalized spacial score (nSPS) is 19.5. The first-order valence-electron chi connectivity index (χ1n) is 4.97. The van der Waals surface area contributed by atoms with Gasteiger partial charge < -0.3 is 10.6 Å². The van der Waals surface area contributed by atoms with E-state index in [-0.39, 0.29) is 11.9 Å². The van der Waals surface area contributed by atoms with Crippen molar-refractivity contribution < 1.29 is 4.79 Å². The summed E-state index contributed by atoms with van der Waals surface area (Å²) in [5, 5.41) is 6.56. The Morgan fingerprint density at radius 2 is 2.33 bits per heavy atom. The first kappa shape index (κ1) is 10.5. The van der Waals surface area contributed by atoms with E-state index in [0.717, 1.165) is 24.2 Å². The molecule has 2 rings (SSSR count). The fourth-order valence-corrected chi connectivity index (χ4v) is 1.63. The lowest BCUT2D eigenvalue weighted by molar-refractivity contribution is -0.119. The third kappa shape index (κ3) is 2.30. The molecule has 0 aromatic heterocycles. The number of hydrogen-bond donors (Lipinski definition) is 2. The van der Waals surface area contributed by atoms with Crippen LogP contribution in [0.1, 0.15) is 12.0 Å². The Labute approximate surface area is 93.8 Å². The maximum Gasteiger partial charge on any atom is 0.241 e. The van der Waals surface area contributed by atoms with Crippen molar-refractivity contribution >= 4 is 23.2 Å². The summed E-state index contributed by atoms with van der Waals surface area (Å²) < 4.78 is 0. The molecule has 2 N–H and O–H groups in total. The van der Waals surface area contributed by atoms with Gasteiger partial charge in [0.25, 0.3) is 0 Å². The van der Waals surface area contributed by atoms with Crippen LogP contribution in [0.25, 0.3) is 0 Å². The number of carbonyl (C=O) groups excluding carboxylic acids is 1. The quantitative estimate of drug-likeness (QED) is 0.806. The van der Waals surface area contributed by atoms with E-state index in [1.54, 1.807) is 6.07 Å². The number of aryl methyl sites for hydroxylation is 1. The largest absolute Gasteiger partial charge is 0.324 e. The fraction of sp³-hybridized carbons (Fsp3) is 0.364. The number of hydrogen-bond acceptors (Lipinski definition) is 2. The summed E-state index contributed by atoms with van der Waals surface area (Å²) in [4.78, 5) is 11.6. The molecular formula is C11H13ClN2O. The summed E-state index contributed by atoms with van der Waals surface area (Å²) in [5.74, 6) is 0.0200. The molecule has 1 saturated heterocycles. The number of anilines is 1. The van der Waals surface area contributed by atoms with Gasteiger partial charge in [-0.05, 0) is 37.6 Å². The van der Waals surface area contributed by atoms with Gasteiger partial charge in [0.1, 0.15) is 0 Å². The van der Waals surface area contributed by atoms with Crippen LogP contribution in [-0.4, -0.2) is 18.5 Å². The SMILES string of the molecule is Cc1ccc(Cl)cc1NC(=O)[C@H]1CCN1. The van der Waals surface area contributed by atoms with E-state index in [4.69, 9.17) is 11.6 Å². The van der Waals surface area contributed by atoms with Crippen molar-refractivity contribution in [3.8, 4) is 0 Å². The highest BCUT2D eigenvalue weighted by Crippen LogP contribution is 2.20. The Bertz CT molecular complexity index is 388. The van der Waals surface area contributed by atoms with Crippen LogP contribution < -0.4 is 10.6 Å². The molecule has 4 heteroatoms. The summed E-state index contributed by atoms with van der Waals surface area (Å²) in [7, 11) is 0. The van der Waals surface area contributed by atoms with Crippen molar-refractivity contribution in [2.45, 2.75) is 19.4 Å². The van der Waals surface area contributed by atoms with Crippen molar-refractivity contribution in [2.24, 2.45) is 0 Å². The number of nitrogens with one attached hydrogen (secondary N) is 2. The van der Waals surface area contributed by atoms with Crippen LogP contribution in [0.4, 0.5) is 5.69 Å². The second-order valence-electron chi connectivity index (χ2n) is 3.74. The maximum absolute atomic E-state index is 11.6. The van der Waals surface area contributed by atoms with Crippen LogP contribution in [0.15, 0.2) is 18.2 Å². The van der Waals surface area contributed by atoms with E-state index in [0.29, 0.717) is 5.02 Å². The zero-order chi connectivity index (χ0) is 10.8. The molecule has 0 spiro atoms. The van der Waals surface area contributed by atoms with Gasteiger partial charge in [0.2, 0.25) is 5.91 Å². The standard InChI is InChI=1S/C11H13ClN2O/c1-7-2-3-8(12)6-10(7)14-11(15)9-4-5-13-9/h2-3,6,9,13H,4-5H2,1H3,(H,14,15)/t9-/m1/s1. The summed E-state index contributed by atoms with van der Waals surface area (Å²) in [5.41, 5.74) is 1.81. The summed E-state index contributed by atoms with van der Waals surface area (Å²) in [6, 6.07) is 5.44. The van der Waals surface area contributed by atoms with E-state index in [2.05, 4.69) is 10.6 Å². The van der Waals surface area contributed by atoms with Crippen molar-refractivity contribution in [1.82, 2.24) is 5.32 Å². The van der Waals surface area contributed by atoms with Gasteiger partial charge >= 0.3 is 0 Å². The monoisotopic (exact) mass is 224 g/mol. The third-order valence-corrected chi connectivity index (χ3v) is 2.83. The average Bonchev–Trinajstić information content (AvgIpc) is 2.08. The molecule has 1 fully saturated rings. The molecule has 1 aromatic rings. The highest BCUT2D eigenvalue weighted by Gasteiger charge is 2.24. The molecule has 1 heterocycles. The topological polar surface area (TPSA) is 41.1 Å². The van der Waals surface area contributed by atoms with E-state index >= 15 is 0 Å². The Hall–Kier alpha value is -1.06. The zero-order valence-electron chi connectivity index (χ0n) is 8.51. The minimum atomic E-state index is -0.0385. The predicted octanol–water partition coefficient (Wildman–Crippen LogP) is 1.95. The van der Waals surface area contributed by atoms with Crippen molar-refractivity contribution in [1.29, 1.82) is 0 Å². The van der Waals surface area contributed by atoms with Crippen LogP contribution in [-0.2, 0) is 4.79 Å². The second kappa shape index (κ2) is 4.21. The van der Waals surface area contributed by atoms with Gasteiger partial charge in [0, 0.05) is 10.7 Å². The van der Waals surface area contributed by atoms with Gasteiger partial charge in [-0.2, -0.15) is 0 Å². The van der Waals surface area contributed by atoms with Crippen molar-refractivity contribution in [3.63, 3.8) is 0 Å². The highest BCUT2D eigenvalue weighted by molar-refractivity contribution is 6.31. The number of rotatable bonds is 2. The van der Waals surface area contributed by atoms with Gasteiger partial charge in [0.05, 0.1) is 6.04 Å². The molecule has 0 aliphatic carbocycles. The van der Waals surface area contributed by atoms with E-state index in [9.17, 15) is 4.79 Å². The molecule has 1 aliphatic rings. The van der Waals surface area contributed by atoms with Crippen LogP contribution >= 0.6 is 11.6 Å². The number of halogens is 1. The molecule has 1 amide bonds. The molecule has 0 radical (unpaired) electrons. The Kier molecular flexibility index (Phi) is 2.93. The van der Waals surface area contributed by atoms with Crippen LogP contribution in [0.5, 0.6) is 0 Å². The molecule has 3 nitrogen and oxygen atoms in total. The van der Waals surface area contributed by atoms with Gasteiger partial charge in [-0.3, -0.25) is 4.79 Å². The molecule has 1 aromatic carbocycles.